The number of benzene rings is 1. The highest BCUT2D eigenvalue weighted by Gasteiger charge is 2.21. The van der Waals surface area contributed by atoms with Crippen molar-refractivity contribution >= 4 is 45.4 Å². The molecule has 0 aliphatic heterocycles. The maximum atomic E-state index is 12.3. The molecule has 3 rings (SSSR count). The molecule has 1 aromatic carbocycles. The number of nitrogens with zero attached hydrogens (tertiary/aromatic N) is 2. The van der Waals surface area contributed by atoms with Crippen molar-refractivity contribution < 1.29 is 14.3 Å². The summed E-state index contributed by atoms with van der Waals surface area (Å²) in [6.07, 6.45) is 0. The van der Waals surface area contributed by atoms with Crippen molar-refractivity contribution in [2.24, 2.45) is 0 Å². The van der Waals surface area contributed by atoms with Crippen LogP contribution in [0.5, 0.6) is 0 Å². The van der Waals surface area contributed by atoms with Gasteiger partial charge in [0.25, 0.3) is 0 Å². The van der Waals surface area contributed by atoms with Crippen LogP contribution in [-0.2, 0) is 16.1 Å². The number of esters is 1. The second-order valence-electron chi connectivity index (χ2n) is 6.20. The van der Waals surface area contributed by atoms with Crippen LogP contribution in [0, 0.1) is 20.8 Å². The van der Waals surface area contributed by atoms with E-state index in [0.29, 0.717) is 15.7 Å². The Balaban J connectivity index is 1.78. The average Bonchev–Trinajstić information content (AvgIpc) is 3.26. The number of hydrogen-bond donors (Lipinski definition) is 0. The van der Waals surface area contributed by atoms with Crippen molar-refractivity contribution in [3.63, 3.8) is 0 Å². The van der Waals surface area contributed by atoms with Gasteiger partial charge < -0.3 is 4.74 Å². The molecule has 0 atom stereocenters. The zero-order chi connectivity index (χ0) is 19.6. The number of anilines is 2. The molecule has 7 heteroatoms. The quantitative estimate of drug-likeness (QED) is 0.554. The summed E-state index contributed by atoms with van der Waals surface area (Å²) in [5.74, 6) is -0.467. The van der Waals surface area contributed by atoms with E-state index in [0.717, 1.165) is 22.4 Å². The monoisotopic (exact) mass is 400 g/mol. The van der Waals surface area contributed by atoms with Gasteiger partial charge in [-0.25, -0.2) is 9.78 Å². The van der Waals surface area contributed by atoms with Crippen LogP contribution >= 0.6 is 22.7 Å². The van der Waals surface area contributed by atoms with E-state index in [9.17, 15) is 9.59 Å². The van der Waals surface area contributed by atoms with Gasteiger partial charge in [0.15, 0.2) is 5.13 Å². The fourth-order valence-electron chi connectivity index (χ4n) is 2.64. The summed E-state index contributed by atoms with van der Waals surface area (Å²) in [5.41, 5.74) is 4.48. The number of thiophene rings is 1. The Morgan fingerprint density at radius 2 is 1.89 bits per heavy atom. The third kappa shape index (κ3) is 4.09. The first-order valence-corrected chi connectivity index (χ1v) is 10.2. The number of hydrogen-bond acceptors (Lipinski definition) is 6. The molecular formula is C20H20N2O3S2. The molecule has 0 saturated carbocycles. The number of thiazole rings is 1. The molecule has 5 nitrogen and oxygen atoms in total. The van der Waals surface area contributed by atoms with Crippen molar-refractivity contribution in [3.05, 3.63) is 62.3 Å². The molecule has 0 aliphatic rings. The molecule has 0 spiro atoms. The van der Waals surface area contributed by atoms with Crippen LogP contribution in [0.25, 0.3) is 0 Å². The van der Waals surface area contributed by atoms with Crippen molar-refractivity contribution in [3.8, 4) is 0 Å². The van der Waals surface area contributed by atoms with Crippen LogP contribution < -0.4 is 4.90 Å². The second-order valence-corrected chi connectivity index (χ2v) is 7.96. The van der Waals surface area contributed by atoms with E-state index in [2.05, 4.69) is 4.98 Å². The highest BCUT2D eigenvalue weighted by Crippen LogP contribution is 2.32. The van der Waals surface area contributed by atoms with E-state index in [-0.39, 0.29) is 18.5 Å². The molecule has 140 valence electrons. The van der Waals surface area contributed by atoms with Crippen LogP contribution in [0.4, 0.5) is 10.8 Å². The van der Waals surface area contributed by atoms with Gasteiger partial charge in [-0.2, -0.15) is 0 Å². The van der Waals surface area contributed by atoms with Crippen LogP contribution in [-0.4, -0.2) is 16.9 Å². The molecule has 0 fully saturated rings. The molecule has 0 unspecified atom stereocenters. The highest BCUT2D eigenvalue weighted by molar-refractivity contribution is 7.14. The SMILES string of the molecule is CC(=O)N(c1nc(COC(=O)c2sccc2C)cs1)c1cccc(C)c1C. The normalized spacial score (nSPS) is 10.7. The minimum atomic E-state index is -0.352. The molecule has 3 aromatic rings. The van der Waals surface area contributed by atoms with E-state index in [1.807, 2.05) is 55.8 Å². The fraction of sp³-hybridized carbons (Fsp3) is 0.250. The van der Waals surface area contributed by atoms with Crippen molar-refractivity contribution in [2.75, 3.05) is 4.90 Å². The summed E-state index contributed by atoms with van der Waals surface area (Å²) in [6.45, 7) is 7.47. The largest absolute Gasteiger partial charge is 0.455 e. The summed E-state index contributed by atoms with van der Waals surface area (Å²) < 4.78 is 5.37. The zero-order valence-corrected chi connectivity index (χ0v) is 17.2. The molecule has 2 aromatic heterocycles. The zero-order valence-electron chi connectivity index (χ0n) is 15.6. The van der Waals surface area contributed by atoms with Gasteiger partial charge in [0.05, 0.1) is 11.4 Å². The van der Waals surface area contributed by atoms with Gasteiger partial charge in [0.2, 0.25) is 5.91 Å². The predicted molar refractivity (Wildman–Crippen MR) is 109 cm³/mol. The van der Waals surface area contributed by atoms with Crippen LogP contribution in [0.2, 0.25) is 0 Å². The van der Waals surface area contributed by atoms with Gasteiger partial charge in [-0.15, -0.1) is 22.7 Å². The Morgan fingerprint density at radius 3 is 2.56 bits per heavy atom. The van der Waals surface area contributed by atoms with Crippen LogP contribution in [0.3, 0.4) is 0 Å². The average molecular weight is 401 g/mol. The summed E-state index contributed by atoms with van der Waals surface area (Å²) in [6, 6.07) is 7.73. The number of amides is 1. The molecule has 0 bridgehead atoms. The summed E-state index contributed by atoms with van der Waals surface area (Å²) in [5, 5.41) is 4.24. The molecule has 0 aliphatic carbocycles. The van der Waals surface area contributed by atoms with Gasteiger partial charge in [-0.1, -0.05) is 12.1 Å². The van der Waals surface area contributed by atoms with Crippen molar-refractivity contribution in [1.82, 2.24) is 4.98 Å². The molecular weight excluding hydrogens is 380 g/mol. The lowest BCUT2D eigenvalue weighted by molar-refractivity contribution is -0.115. The minimum Gasteiger partial charge on any atom is -0.455 e. The Hall–Kier alpha value is -2.51. The first kappa shape index (κ1) is 19.3. The molecule has 0 saturated heterocycles. The summed E-state index contributed by atoms with van der Waals surface area (Å²) in [4.78, 5) is 31.1. The molecule has 2 heterocycles. The number of aryl methyl sites for hydroxylation is 2. The summed E-state index contributed by atoms with van der Waals surface area (Å²) >= 11 is 2.71. The molecule has 27 heavy (non-hydrogen) atoms. The first-order valence-electron chi connectivity index (χ1n) is 8.41. The van der Waals surface area contributed by atoms with E-state index < -0.39 is 0 Å². The number of carbonyl (C=O) groups is 2. The third-order valence-electron chi connectivity index (χ3n) is 4.26. The topological polar surface area (TPSA) is 59.5 Å². The third-order valence-corrected chi connectivity index (χ3v) is 6.13. The smallest absolute Gasteiger partial charge is 0.348 e. The van der Waals surface area contributed by atoms with Crippen molar-refractivity contribution in [1.29, 1.82) is 0 Å². The predicted octanol–water partition coefficient (Wildman–Crippen LogP) is 5.17. The lowest BCUT2D eigenvalue weighted by atomic mass is 10.1. The number of rotatable bonds is 5. The van der Waals surface area contributed by atoms with Gasteiger partial charge in [-0.05, 0) is 55.0 Å². The van der Waals surface area contributed by atoms with Gasteiger partial charge >= 0.3 is 5.97 Å². The van der Waals surface area contributed by atoms with Gasteiger partial charge in [0.1, 0.15) is 11.5 Å². The fourth-order valence-corrected chi connectivity index (χ4v) is 4.32. The van der Waals surface area contributed by atoms with Gasteiger partial charge in [0, 0.05) is 12.3 Å². The Bertz CT molecular complexity index is 991. The lowest BCUT2D eigenvalue weighted by Gasteiger charge is -2.21. The molecule has 0 radical (unpaired) electrons. The van der Waals surface area contributed by atoms with Crippen molar-refractivity contribution in [2.45, 2.75) is 34.3 Å². The van der Waals surface area contributed by atoms with E-state index in [1.54, 1.807) is 4.90 Å². The number of aromatic nitrogens is 1. The first-order chi connectivity index (χ1) is 12.9. The standard InChI is InChI=1S/C20H20N2O3S2/c1-12-6-5-7-17(14(12)3)22(15(4)23)20-21-16(11-27-20)10-25-19(24)18-13(2)8-9-26-18/h5-9,11H,10H2,1-4H3. The summed E-state index contributed by atoms with van der Waals surface area (Å²) in [7, 11) is 0. The number of ether oxygens (including phenoxy) is 1. The van der Waals surface area contributed by atoms with E-state index in [1.165, 1.54) is 29.6 Å². The minimum absolute atomic E-state index is 0.0746. The van der Waals surface area contributed by atoms with E-state index in [4.69, 9.17) is 4.74 Å². The maximum absolute atomic E-state index is 12.3. The molecule has 1 amide bonds. The van der Waals surface area contributed by atoms with Gasteiger partial charge in [-0.3, -0.25) is 9.69 Å². The maximum Gasteiger partial charge on any atom is 0.348 e. The Kier molecular flexibility index (Phi) is 5.72. The highest BCUT2D eigenvalue weighted by atomic mass is 32.1. The van der Waals surface area contributed by atoms with E-state index >= 15 is 0 Å². The van der Waals surface area contributed by atoms with Crippen LogP contribution in [0.1, 0.15) is 39.0 Å². The lowest BCUT2D eigenvalue weighted by Crippen LogP contribution is -2.23. The Morgan fingerprint density at radius 1 is 1.11 bits per heavy atom. The molecule has 0 N–H and O–H groups in total. The Labute approximate surface area is 166 Å². The number of carbonyl (C=O) groups excluding carboxylic acids is 2. The second kappa shape index (κ2) is 8.02. The van der Waals surface area contributed by atoms with Crippen LogP contribution in [0.15, 0.2) is 35.0 Å².